The van der Waals surface area contributed by atoms with Gasteiger partial charge >= 0.3 is 12.1 Å². The monoisotopic (exact) mass is 222 g/mol. The molecule has 2 nitrogen and oxygen atoms in total. The molecular formula is C7H11F5O2. The zero-order valence-electron chi connectivity index (χ0n) is 7.53. The van der Waals surface area contributed by atoms with Crippen LogP contribution >= 0.6 is 0 Å². The largest absolute Gasteiger partial charge is 0.455 e. The van der Waals surface area contributed by atoms with Crippen LogP contribution in [0.25, 0.3) is 0 Å². The number of alkyl halides is 5. The molecule has 0 aromatic rings. The molecule has 0 saturated carbocycles. The molecule has 0 spiro atoms. The van der Waals surface area contributed by atoms with Crippen LogP contribution in [0, 0.1) is 0 Å². The fourth-order valence-electron chi connectivity index (χ4n) is 0.544. The summed E-state index contributed by atoms with van der Waals surface area (Å²) in [4.78, 5) is 0. The van der Waals surface area contributed by atoms with Gasteiger partial charge < -0.3 is 9.47 Å². The van der Waals surface area contributed by atoms with Crippen LogP contribution in [0.1, 0.15) is 6.92 Å². The molecule has 0 unspecified atom stereocenters. The van der Waals surface area contributed by atoms with Crippen LogP contribution in [0.15, 0.2) is 0 Å². The summed E-state index contributed by atoms with van der Waals surface area (Å²) in [7, 11) is 0. The number of halogens is 5. The van der Waals surface area contributed by atoms with Crippen molar-refractivity contribution in [2.45, 2.75) is 19.0 Å². The van der Waals surface area contributed by atoms with Gasteiger partial charge in [0.2, 0.25) is 0 Å². The van der Waals surface area contributed by atoms with E-state index in [-0.39, 0.29) is 13.2 Å². The van der Waals surface area contributed by atoms with Gasteiger partial charge in [0.15, 0.2) is 0 Å². The summed E-state index contributed by atoms with van der Waals surface area (Å²) < 4.78 is 67.8. The smallest absolute Gasteiger partial charge is 0.379 e. The number of rotatable bonds is 6. The molecule has 0 atom stereocenters. The predicted octanol–water partition coefficient (Wildman–Crippen LogP) is 2.24. The molecule has 86 valence electrons. The molecule has 0 amide bonds. The van der Waals surface area contributed by atoms with Gasteiger partial charge in [-0.1, -0.05) is 0 Å². The number of hydrogen-bond donors (Lipinski definition) is 0. The molecule has 0 fully saturated rings. The molecule has 0 heterocycles. The van der Waals surface area contributed by atoms with Gasteiger partial charge in [-0.3, -0.25) is 0 Å². The molecule has 0 bridgehead atoms. The van der Waals surface area contributed by atoms with Crippen molar-refractivity contribution < 1.29 is 31.4 Å². The van der Waals surface area contributed by atoms with Crippen molar-refractivity contribution in [2.75, 3.05) is 26.4 Å². The summed E-state index contributed by atoms with van der Waals surface area (Å²) in [5.74, 6) is -4.79. The van der Waals surface area contributed by atoms with Crippen molar-refractivity contribution in [1.82, 2.24) is 0 Å². The van der Waals surface area contributed by atoms with E-state index in [1.807, 2.05) is 0 Å². The van der Waals surface area contributed by atoms with Crippen molar-refractivity contribution in [3.8, 4) is 0 Å². The van der Waals surface area contributed by atoms with Crippen LogP contribution in [0.2, 0.25) is 0 Å². The summed E-state index contributed by atoms with van der Waals surface area (Å²) in [6.45, 7) is 0.0941. The third-order valence-electron chi connectivity index (χ3n) is 1.27. The zero-order chi connectivity index (χ0) is 11.2. The second kappa shape index (κ2) is 5.45. The number of hydrogen-bond acceptors (Lipinski definition) is 2. The van der Waals surface area contributed by atoms with Gasteiger partial charge in [-0.05, 0) is 6.92 Å². The maximum Gasteiger partial charge on any atom is 0.455 e. The highest BCUT2D eigenvalue weighted by atomic mass is 19.4. The SMILES string of the molecule is CCOCCOCC(F)(F)C(F)(F)F. The average molecular weight is 222 g/mol. The summed E-state index contributed by atoms with van der Waals surface area (Å²) >= 11 is 0. The van der Waals surface area contributed by atoms with Gasteiger partial charge in [-0.2, -0.15) is 22.0 Å². The maximum absolute atomic E-state index is 12.1. The van der Waals surface area contributed by atoms with Gasteiger partial charge in [0.1, 0.15) is 6.61 Å². The molecule has 0 aromatic heterocycles. The maximum atomic E-state index is 12.1. The average Bonchev–Trinajstić information content (AvgIpc) is 2.02. The number of ether oxygens (including phenoxy) is 2. The van der Waals surface area contributed by atoms with Crippen molar-refractivity contribution in [2.24, 2.45) is 0 Å². The Hall–Kier alpha value is -0.430. The molecule has 0 N–H and O–H groups in total. The third-order valence-corrected chi connectivity index (χ3v) is 1.27. The lowest BCUT2D eigenvalue weighted by Gasteiger charge is -2.19. The van der Waals surface area contributed by atoms with E-state index < -0.39 is 18.7 Å². The normalized spacial score (nSPS) is 13.3. The Balaban J connectivity index is 3.67. The molecule has 0 aliphatic rings. The van der Waals surface area contributed by atoms with Crippen LogP contribution < -0.4 is 0 Å². The summed E-state index contributed by atoms with van der Waals surface area (Å²) in [6.07, 6.45) is -5.56. The highest BCUT2D eigenvalue weighted by Gasteiger charge is 2.57. The molecule has 7 heteroatoms. The first-order chi connectivity index (χ1) is 6.31. The first-order valence-electron chi connectivity index (χ1n) is 3.91. The van der Waals surface area contributed by atoms with E-state index in [0.29, 0.717) is 6.61 Å². The lowest BCUT2D eigenvalue weighted by Crippen LogP contribution is -2.41. The van der Waals surface area contributed by atoms with Crippen LogP contribution in [-0.4, -0.2) is 38.5 Å². The molecule has 0 aliphatic heterocycles. The fourth-order valence-corrected chi connectivity index (χ4v) is 0.544. The standard InChI is InChI=1S/C7H11F5O2/c1-2-13-3-4-14-5-6(8,9)7(10,11)12/h2-5H2,1H3. The summed E-state index contributed by atoms with van der Waals surface area (Å²) in [5, 5.41) is 0. The minimum atomic E-state index is -5.56. The Morgan fingerprint density at radius 3 is 1.86 bits per heavy atom. The topological polar surface area (TPSA) is 18.5 Å². The first kappa shape index (κ1) is 13.6. The molecule has 14 heavy (non-hydrogen) atoms. The Morgan fingerprint density at radius 2 is 1.43 bits per heavy atom. The molecule has 0 aliphatic carbocycles. The highest BCUT2D eigenvalue weighted by Crippen LogP contribution is 2.35. The lowest BCUT2D eigenvalue weighted by molar-refractivity contribution is -0.297. The van der Waals surface area contributed by atoms with E-state index in [2.05, 4.69) is 9.47 Å². The van der Waals surface area contributed by atoms with Crippen LogP contribution in [0.4, 0.5) is 22.0 Å². The molecular weight excluding hydrogens is 211 g/mol. The lowest BCUT2D eigenvalue weighted by atomic mass is 10.3. The summed E-state index contributed by atoms with van der Waals surface area (Å²) in [6, 6.07) is 0. The van der Waals surface area contributed by atoms with E-state index in [9.17, 15) is 22.0 Å². The highest BCUT2D eigenvalue weighted by molar-refractivity contribution is 4.74. The van der Waals surface area contributed by atoms with E-state index in [4.69, 9.17) is 0 Å². The molecule has 0 saturated heterocycles. The van der Waals surface area contributed by atoms with Crippen LogP contribution in [-0.2, 0) is 9.47 Å². The second-order valence-electron chi connectivity index (χ2n) is 2.45. The van der Waals surface area contributed by atoms with E-state index in [1.165, 1.54) is 0 Å². The fraction of sp³-hybridized carbons (Fsp3) is 1.00. The minimum absolute atomic E-state index is 0.00440. The van der Waals surface area contributed by atoms with Crippen LogP contribution in [0.5, 0.6) is 0 Å². The van der Waals surface area contributed by atoms with Gasteiger partial charge in [0, 0.05) is 6.61 Å². The van der Waals surface area contributed by atoms with Crippen LogP contribution in [0.3, 0.4) is 0 Å². The second-order valence-corrected chi connectivity index (χ2v) is 2.45. The zero-order valence-corrected chi connectivity index (χ0v) is 7.53. The van der Waals surface area contributed by atoms with Crippen molar-refractivity contribution in [3.63, 3.8) is 0 Å². The van der Waals surface area contributed by atoms with Gasteiger partial charge in [-0.15, -0.1) is 0 Å². The quantitative estimate of drug-likeness (QED) is 0.506. The van der Waals surface area contributed by atoms with E-state index in [1.54, 1.807) is 6.92 Å². The van der Waals surface area contributed by atoms with E-state index >= 15 is 0 Å². The van der Waals surface area contributed by atoms with Gasteiger partial charge in [0.25, 0.3) is 0 Å². The Bertz CT molecular complexity index is 157. The summed E-state index contributed by atoms with van der Waals surface area (Å²) in [5.41, 5.74) is 0. The minimum Gasteiger partial charge on any atom is -0.379 e. The van der Waals surface area contributed by atoms with Crippen molar-refractivity contribution >= 4 is 0 Å². The van der Waals surface area contributed by atoms with Gasteiger partial charge in [0.05, 0.1) is 13.2 Å². The van der Waals surface area contributed by atoms with Crippen molar-refractivity contribution in [3.05, 3.63) is 0 Å². The first-order valence-corrected chi connectivity index (χ1v) is 3.91. The Morgan fingerprint density at radius 1 is 0.929 bits per heavy atom. The Kier molecular flexibility index (Phi) is 5.28. The molecule has 0 rings (SSSR count). The third kappa shape index (κ3) is 4.71. The molecule has 0 aromatic carbocycles. The predicted molar refractivity (Wildman–Crippen MR) is 38.3 cm³/mol. The Labute approximate surface area is 78.0 Å². The van der Waals surface area contributed by atoms with Crippen molar-refractivity contribution in [1.29, 1.82) is 0 Å². The molecule has 0 radical (unpaired) electrons. The van der Waals surface area contributed by atoms with E-state index in [0.717, 1.165) is 0 Å². The van der Waals surface area contributed by atoms with Gasteiger partial charge in [-0.25, -0.2) is 0 Å².